The Hall–Kier alpha value is -2.23. The van der Waals surface area contributed by atoms with E-state index in [1.807, 2.05) is 19.9 Å². The standard InChI is InChI=1S/C22H20Br2ClN3O4/c1-4-11(2)20-27-18-6-5-14(23)9-15(18)21(29)28(20)26-10-13-7-16(24)19(17(25)8-13)32-12(3)22(30)31/h5-12H,4H2,1-3H3,(H,30,31)/t11-,12-/m0/s1. The molecule has 0 saturated heterocycles. The minimum absolute atomic E-state index is 0.0107. The number of aromatic nitrogens is 2. The molecular formula is C22H20Br2ClN3O4. The summed E-state index contributed by atoms with van der Waals surface area (Å²) < 4.78 is 7.96. The lowest BCUT2D eigenvalue weighted by atomic mass is 10.1. The smallest absolute Gasteiger partial charge is 0.344 e. The molecule has 0 bridgehead atoms. The second kappa shape index (κ2) is 10.1. The SMILES string of the molecule is CC[C@H](C)c1nc2ccc(Br)cc2c(=O)n1N=Cc1cc(Cl)c(O[C@@H](C)C(=O)O)c(Br)c1. The minimum Gasteiger partial charge on any atom is -0.479 e. The number of carboxylic acids is 1. The highest BCUT2D eigenvalue weighted by Crippen LogP contribution is 2.35. The van der Waals surface area contributed by atoms with Crippen LogP contribution in [0.4, 0.5) is 0 Å². The lowest BCUT2D eigenvalue weighted by Gasteiger charge is -2.15. The van der Waals surface area contributed by atoms with Crippen LogP contribution in [-0.4, -0.2) is 33.1 Å². The Labute approximate surface area is 206 Å². The highest BCUT2D eigenvalue weighted by molar-refractivity contribution is 9.10. The zero-order valence-corrected chi connectivity index (χ0v) is 21.4. The number of hydrogen-bond acceptors (Lipinski definition) is 5. The van der Waals surface area contributed by atoms with Gasteiger partial charge in [-0.1, -0.05) is 41.4 Å². The molecule has 0 aliphatic carbocycles. The summed E-state index contributed by atoms with van der Waals surface area (Å²) in [7, 11) is 0. The largest absolute Gasteiger partial charge is 0.479 e. The van der Waals surface area contributed by atoms with Crippen LogP contribution in [0.5, 0.6) is 5.75 Å². The van der Waals surface area contributed by atoms with E-state index < -0.39 is 12.1 Å². The lowest BCUT2D eigenvalue weighted by molar-refractivity contribution is -0.144. The monoisotopic (exact) mass is 583 g/mol. The van der Waals surface area contributed by atoms with Gasteiger partial charge in [-0.2, -0.15) is 9.78 Å². The fourth-order valence-electron chi connectivity index (χ4n) is 2.90. The number of benzene rings is 2. The van der Waals surface area contributed by atoms with Crippen LogP contribution in [0.25, 0.3) is 10.9 Å². The van der Waals surface area contributed by atoms with E-state index in [0.717, 1.165) is 10.9 Å². The van der Waals surface area contributed by atoms with Gasteiger partial charge in [0.1, 0.15) is 5.82 Å². The fourth-order valence-corrected chi connectivity index (χ4v) is 4.22. The average Bonchev–Trinajstić information content (AvgIpc) is 2.75. The molecule has 0 unspecified atom stereocenters. The molecule has 1 N–H and O–H groups in total. The summed E-state index contributed by atoms with van der Waals surface area (Å²) in [6, 6.07) is 8.63. The van der Waals surface area contributed by atoms with Gasteiger partial charge in [-0.15, -0.1) is 0 Å². The van der Waals surface area contributed by atoms with Crippen molar-refractivity contribution in [3.63, 3.8) is 0 Å². The molecule has 1 aromatic heterocycles. The van der Waals surface area contributed by atoms with E-state index in [1.54, 1.807) is 24.3 Å². The first-order chi connectivity index (χ1) is 15.1. The molecule has 10 heteroatoms. The Kier molecular flexibility index (Phi) is 7.74. The van der Waals surface area contributed by atoms with Crippen molar-refractivity contribution in [1.82, 2.24) is 9.66 Å². The number of halogens is 3. The zero-order valence-electron chi connectivity index (χ0n) is 17.5. The number of nitrogens with zero attached hydrogens (tertiary/aromatic N) is 3. The summed E-state index contributed by atoms with van der Waals surface area (Å²) in [5.74, 6) is -0.320. The van der Waals surface area contributed by atoms with E-state index in [0.29, 0.717) is 26.8 Å². The third kappa shape index (κ3) is 5.22. The number of carbonyl (C=O) groups is 1. The molecule has 0 radical (unpaired) electrons. The van der Waals surface area contributed by atoms with Crippen molar-refractivity contribution in [2.75, 3.05) is 0 Å². The van der Waals surface area contributed by atoms with Crippen molar-refractivity contribution < 1.29 is 14.6 Å². The molecule has 0 aliphatic heterocycles. The molecule has 2 aromatic carbocycles. The maximum atomic E-state index is 13.2. The minimum atomic E-state index is -1.11. The van der Waals surface area contributed by atoms with Gasteiger partial charge in [0.2, 0.25) is 0 Å². The van der Waals surface area contributed by atoms with Crippen LogP contribution >= 0.6 is 43.5 Å². The number of hydrogen-bond donors (Lipinski definition) is 1. The fraction of sp³-hybridized carbons (Fsp3) is 0.273. The average molecular weight is 586 g/mol. The van der Waals surface area contributed by atoms with Gasteiger partial charge in [-0.25, -0.2) is 9.78 Å². The number of rotatable bonds is 7. The van der Waals surface area contributed by atoms with Gasteiger partial charge in [-0.05, 0) is 65.2 Å². The highest BCUT2D eigenvalue weighted by atomic mass is 79.9. The molecule has 0 amide bonds. The normalized spacial score (nSPS) is 13.4. The van der Waals surface area contributed by atoms with Crippen LogP contribution < -0.4 is 10.3 Å². The second-order valence-corrected chi connectivity index (χ2v) is 9.39. The van der Waals surface area contributed by atoms with Crippen LogP contribution in [0.3, 0.4) is 0 Å². The Morgan fingerprint density at radius 2 is 2.03 bits per heavy atom. The molecule has 0 saturated carbocycles. The van der Waals surface area contributed by atoms with Crippen molar-refractivity contribution in [2.24, 2.45) is 5.10 Å². The first-order valence-corrected chi connectivity index (χ1v) is 11.7. The van der Waals surface area contributed by atoms with E-state index in [1.165, 1.54) is 17.8 Å². The number of fused-ring (bicyclic) bond motifs is 1. The van der Waals surface area contributed by atoms with E-state index in [4.69, 9.17) is 21.4 Å². The predicted octanol–water partition coefficient (Wildman–Crippen LogP) is 5.82. The second-order valence-electron chi connectivity index (χ2n) is 7.21. The van der Waals surface area contributed by atoms with Crippen molar-refractivity contribution in [2.45, 2.75) is 39.2 Å². The summed E-state index contributed by atoms with van der Waals surface area (Å²) >= 11 is 13.0. The quantitative estimate of drug-likeness (QED) is 0.353. The highest BCUT2D eigenvalue weighted by Gasteiger charge is 2.18. The van der Waals surface area contributed by atoms with Gasteiger partial charge < -0.3 is 9.84 Å². The van der Waals surface area contributed by atoms with E-state index in [9.17, 15) is 9.59 Å². The number of carboxylic acid groups (broad SMARTS) is 1. The first-order valence-electron chi connectivity index (χ1n) is 9.77. The summed E-state index contributed by atoms with van der Waals surface area (Å²) in [4.78, 5) is 28.9. The van der Waals surface area contributed by atoms with Crippen molar-refractivity contribution >= 4 is 66.5 Å². The maximum absolute atomic E-state index is 13.2. The topological polar surface area (TPSA) is 93.8 Å². The molecule has 168 valence electrons. The Morgan fingerprint density at radius 1 is 1.31 bits per heavy atom. The molecule has 1 heterocycles. The Balaban J connectivity index is 2.07. The molecule has 7 nitrogen and oxygen atoms in total. The number of ether oxygens (including phenoxy) is 1. The summed E-state index contributed by atoms with van der Waals surface area (Å²) in [5, 5.41) is 14.1. The number of aliphatic carboxylic acids is 1. The van der Waals surface area contributed by atoms with Crippen LogP contribution in [-0.2, 0) is 4.79 Å². The van der Waals surface area contributed by atoms with Crippen molar-refractivity contribution in [1.29, 1.82) is 0 Å². The van der Waals surface area contributed by atoms with E-state index >= 15 is 0 Å². The third-order valence-corrected chi connectivity index (χ3v) is 6.23. The van der Waals surface area contributed by atoms with Gasteiger partial charge in [-0.3, -0.25) is 4.79 Å². The van der Waals surface area contributed by atoms with Crippen molar-refractivity contribution in [3.05, 3.63) is 66.0 Å². The maximum Gasteiger partial charge on any atom is 0.344 e. The van der Waals surface area contributed by atoms with Gasteiger partial charge >= 0.3 is 5.97 Å². The molecular weight excluding hydrogens is 566 g/mol. The van der Waals surface area contributed by atoms with Crippen LogP contribution in [0.1, 0.15) is 44.5 Å². The summed E-state index contributed by atoms with van der Waals surface area (Å²) in [6.07, 6.45) is 1.22. The van der Waals surface area contributed by atoms with Crippen LogP contribution in [0, 0.1) is 0 Å². The van der Waals surface area contributed by atoms with Crippen LogP contribution in [0.2, 0.25) is 5.02 Å². The Bertz CT molecular complexity index is 1250. The third-order valence-electron chi connectivity index (χ3n) is 4.87. The van der Waals surface area contributed by atoms with E-state index in [2.05, 4.69) is 41.9 Å². The zero-order chi connectivity index (χ0) is 23.6. The molecule has 3 rings (SSSR count). The van der Waals surface area contributed by atoms with Crippen molar-refractivity contribution in [3.8, 4) is 5.75 Å². The van der Waals surface area contributed by atoms with Gasteiger partial charge in [0, 0.05) is 10.4 Å². The molecule has 0 aliphatic rings. The first kappa shape index (κ1) is 24.4. The molecule has 3 aromatic rings. The summed E-state index contributed by atoms with van der Waals surface area (Å²) in [6.45, 7) is 5.42. The van der Waals surface area contributed by atoms with E-state index in [-0.39, 0.29) is 22.2 Å². The molecule has 32 heavy (non-hydrogen) atoms. The van der Waals surface area contributed by atoms with Gasteiger partial charge in [0.15, 0.2) is 11.9 Å². The lowest BCUT2D eigenvalue weighted by Crippen LogP contribution is -2.24. The molecule has 0 fully saturated rings. The molecule has 0 spiro atoms. The van der Waals surface area contributed by atoms with Gasteiger partial charge in [0.05, 0.1) is 26.6 Å². The predicted molar refractivity (Wildman–Crippen MR) is 132 cm³/mol. The summed E-state index contributed by atoms with van der Waals surface area (Å²) in [5.41, 5.74) is 0.927. The van der Waals surface area contributed by atoms with Gasteiger partial charge in [0.25, 0.3) is 5.56 Å². The van der Waals surface area contributed by atoms with Crippen LogP contribution in [0.15, 0.2) is 49.2 Å². The Morgan fingerprint density at radius 3 is 2.66 bits per heavy atom. The molecule has 2 atom stereocenters.